The zero-order valence-corrected chi connectivity index (χ0v) is 21.6. The van der Waals surface area contributed by atoms with Gasteiger partial charge in [0.05, 0.1) is 23.0 Å². The van der Waals surface area contributed by atoms with Gasteiger partial charge in [-0.05, 0) is 67.7 Å². The molecule has 0 aliphatic carbocycles. The van der Waals surface area contributed by atoms with Crippen LogP contribution in [0.5, 0.6) is 0 Å². The van der Waals surface area contributed by atoms with E-state index in [-0.39, 0.29) is 6.03 Å². The Balaban J connectivity index is 1.56. The predicted octanol–water partition coefficient (Wildman–Crippen LogP) is 3.77. The molecule has 0 bridgehead atoms. The normalized spacial score (nSPS) is 11.6. The van der Waals surface area contributed by atoms with Crippen LogP contribution < -0.4 is 14.9 Å². The predicted molar refractivity (Wildman–Crippen MR) is 145 cm³/mol. The summed E-state index contributed by atoms with van der Waals surface area (Å²) in [6.07, 6.45) is 2.91. The van der Waals surface area contributed by atoms with Gasteiger partial charge in [-0.25, -0.2) is 18.2 Å². The van der Waals surface area contributed by atoms with Crippen molar-refractivity contribution in [3.63, 3.8) is 0 Å². The molecule has 4 rings (SSSR count). The third-order valence-electron chi connectivity index (χ3n) is 5.84. The molecule has 188 valence electrons. The molecule has 3 aromatic carbocycles. The van der Waals surface area contributed by atoms with E-state index in [0.29, 0.717) is 17.9 Å². The Bertz CT molecular complexity index is 1480. The van der Waals surface area contributed by atoms with E-state index < -0.39 is 10.0 Å². The third-order valence-corrected chi connectivity index (χ3v) is 7.04. The van der Waals surface area contributed by atoms with Crippen LogP contribution in [0.25, 0.3) is 27.8 Å². The summed E-state index contributed by atoms with van der Waals surface area (Å²) in [5.41, 5.74) is 5.80. The van der Waals surface area contributed by atoms with Gasteiger partial charge in [-0.15, -0.1) is 0 Å². The molecule has 10 heteroatoms. The van der Waals surface area contributed by atoms with Gasteiger partial charge < -0.3 is 15.5 Å². The minimum Gasteiger partial charge on any atom is -0.337 e. The summed E-state index contributed by atoms with van der Waals surface area (Å²) in [4.78, 5) is 18.6. The molecule has 0 spiro atoms. The minimum absolute atomic E-state index is 0.237. The van der Waals surface area contributed by atoms with Crippen LogP contribution in [0.1, 0.15) is 0 Å². The van der Waals surface area contributed by atoms with Crippen molar-refractivity contribution in [1.82, 2.24) is 19.8 Å². The fourth-order valence-corrected chi connectivity index (χ4v) is 4.23. The number of carbonyl (C=O) groups is 1. The number of likely N-dealkylation sites (N-methyl/N-ethyl adjacent to an activating group) is 1. The molecule has 9 nitrogen and oxygen atoms in total. The van der Waals surface area contributed by atoms with E-state index in [1.54, 1.807) is 12.4 Å². The number of rotatable bonds is 8. The molecular formula is C26H30N6O3S. The van der Waals surface area contributed by atoms with Crippen molar-refractivity contribution >= 4 is 38.5 Å². The van der Waals surface area contributed by atoms with Crippen molar-refractivity contribution in [2.75, 3.05) is 50.1 Å². The van der Waals surface area contributed by atoms with Crippen LogP contribution >= 0.6 is 0 Å². The van der Waals surface area contributed by atoms with Crippen LogP contribution in [-0.4, -0.2) is 69.4 Å². The number of benzene rings is 3. The number of sulfonamides is 1. The number of aromatic nitrogens is 2. The van der Waals surface area contributed by atoms with Crippen molar-refractivity contribution in [3.8, 4) is 16.8 Å². The van der Waals surface area contributed by atoms with Crippen LogP contribution in [-0.2, 0) is 10.0 Å². The molecule has 0 fully saturated rings. The van der Waals surface area contributed by atoms with Gasteiger partial charge in [-0.1, -0.05) is 24.3 Å². The molecule has 0 atom stereocenters. The van der Waals surface area contributed by atoms with Crippen LogP contribution in [0, 0.1) is 0 Å². The first-order valence-electron chi connectivity index (χ1n) is 11.4. The number of nitrogens with zero attached hydrogens (tertiary/aromatic N) is 4. The molecule has 0 radical (unpaired) electrons. The quantitative estimate of drug-likeness (QED) is 0.379. The van der Waals surface area contributed by atoms with E-state index in [2.05, 4.69) is 15.6 Å². The first kappa shape index (κ1) is 25.2. The molecule has 0 unspecified atom stereocenters. The Kier molecular flexibility index (Phi) is 7.27. The molecule has 4 aromatic rings. The summed E-state index contributed by atoms with van der Waals surface area (Å²) in [7, 11) is 2.07. The van der Waals surface area contributed by atoms with Crippen molar-refractivity contribution in [3.05, 3.63) is 73.1 Å². The van der Waals surface area contributed by atoms with Gasteiger partial charge in [0.1, 0.15) is 6.33 Å². The standard InChI is InChI=1S/C26H30N6O3S/c1-30(2)15-14-27-26(33)29-21-11-8-19(9-12-21)20-10-13-24-25(16-20)32(18-28-24)23-7-5-6-22(17-23)31(3)36(4,34)35/h5-13,16-18H,14-15H2,1-4H3,(H2,27,29,33). The summed E-state index contributed by atoms with van der Waals surface area (Å²) in [5, 5.41) is 5.67. The Morgan fingerprint density at radius 2 is 1.69 bits per heavy atom. The van der Waals surface area contributed by atoms with Crippen molar-refractivity contribution in [2.45, 2.75) is 0 Å². The average molecular weight is 507 g/mol. The largest absolute Gasteiger partial charge is 0.337 e. The van der Waals surface area contributed by atoms with Gasteiger partial charge in [0.25, 0.3) is 0 Å². The number of carbonyl (C=O) groups excluding carboxylic acids is 1. The van der Waals surface area contributed by atoms with Gasteiger partial charge in [0, 0.05) is 31.5 Å². The number of nitrogens with one attached hydrogen (secondary N) is 2. The highest BCUT2D eigenvalue weighted by Gasteiger charge is 2.14. The molecule has 0 saturated heterocycles. The monoisotopic (exact) mass is 506 g/mol. The summed E-state index contributed by atoms with van der Waals surface area (Å²) in [6, 6.07) is 20.7. The Morgan fingerprint density at radius 3 is 2.39 bits per heavy atom. The number of amides is 2. The lowest BCUT2D eigenvalue weighted by Crippen LogP contribution is -2.34. The highest BCUT2D eigenvalue weighted by Crippen LogP contribution is 2.28. The Hall–Kier alpha value is -3.89. The summed E-state index contributed by atoms with van der Waals surface area (Å²) < 4.78 is 27.1. The lowest BCUT2D eigenvalue weighted by Gasteiger charge is -2.17. The van der Waals surface area contributed by atoms with Gasteiger partial charge in [-0.2, -0.15) is 0 Å². The zero-order chi connectivity index (χ0) is 25.9. The molecule has 0 saturated carbocycles. The highest BCUT2D eigenvalue weighted by atomic mass is 32.2. The van der Waals surface area contributed by atoms with E-state index in [0.717, 1.165) is 34.4 Å². The Morgan fingerprint density at radius 1 is 0.972 bits per heavy atom. The fourth-order valence-electron chi connectivity index (χ4n) is 3.74. The van der Waals surface area contributed by atoms with Crippen LogP contribution in [0.2, 0.25) is 0 Å². The SMILES string of the molecule is CN(C)CCNC(=O)Nc1ccc(-c2ccc3ncn(-c4cccc(N(C)S(C)(=O)=O)c4)c3c2)cc1. The highest BCUT2D eigenvalue weighted by molar-refractivity contribution is 7.92. The first-order valence-corrected chi connectivity index (χ1v) is 13.3. The number of hydrogen-bond donors (Lipinski definition) is 2. The maximum Gasteiger partial charge on any atom is 0.319 e. The molecule has 36 heavy (non-hydrogen) atoms. The van der Waals surface area contributed by atoms with Crippen molar-refractivity contribution in [1.29, 1.82) is 0 Å². The molecular weight excluding hydrogens is 476 g/mol. The van der Waals surface area contributed by atoms with Crippen LogP contribution in [0.3, 0.4) is 0 Å². The van der Waals surface area contributed by atoms with E-state index >= 15 is 0 Å². The van der Waals surface area contributed by atoms with Gasteiger partial charge in [-0.3, -0.25) is 8.87 Å². The van der Waals surface area contributed by atoms with Crippen LogP contribution in [0.4, 0.5) is 16.2 Å². The lowest BCUT2D eigenvalue weighted by atomic mass is 10.0. The number of imidazole rings is 1. The lowest BCUT2D eigenvalue weighted by molar-refractivity contribution is 0.250. The second-order valence-electron chi connectivity index (χ2n) is 8.83. The van der Waals surface area contributed by atoms with E-state index in [4.69, 9.17) is 0 Å². The average Bonchev–Trinajstić information content (AvgIpc) is 3.26. The smallest absolute Gasteiger partial charge is 0.319 e. The fraction of sp³-hybridized carbons (Fsp3) is 0.231. The van der Waals surface area contributed by atoms with Crippen LogP contribution in [0.15, 0.2) is 73.1 Å². The zero-order valence-electron chi connectivity index (χ0n) is 20.8. The molecule has 0 aliphatic rings. The van der Waals surface area contributed by atoms with Gasteiger partial charge in [0.15, 0.2) is 0 Å². The number of anilines is 2. The maximum atomic E-state index is 12.1. The minimum atomic E-state index is -3.37. The molecule has 1 aromatic heterocycles. The van der Waals surface area contributed by atoms with Gasteiger partial charge >= 0.3 is 6.03 Å². The number of fused-ring (bicyclic) bond motifs is 1. The van der Waals surface area contributed by atoms with E-state index in [1.165, 1.54) is 17.6 Å². The number of hydrogen-bond acceptors (Lipinski definition) is 5. The Labute approximate surface area is 211 Å². The van der Waals surface area contributed by atoms with E-state index in [9.17, 15) is 13.2 Å². The van der Waals surface area contributed by atoms with Crippen molar-refractivity contribution < 1.29 is 13.2 Å². The van der Waals surface area contributed by atoms with E-state index in [1.807, 2.05) is 84.2 Å². The van der Waals surface area contributed by atoms with Gasteiger partial charge in [0.2, 0.25) is 10.0 Å². The summed E-state index contributed by atoms with van der Waals surface area (Å²) >= 11 is 0. The van der Waals surface area contributed by atoms with Crippen molar-refractivity contribution in [2.24, 2.45) is 0 Å². The molecule has 0 aliphatic heterocycles. The summed E-state index contributed by atoms with van der Waals surface area (Å²) in [6.45, 7) is 1.34. The molecule has 2 amide bonds. The number of urea groups is 1. The molecule has 1 heterocycles. The second-order valence-corrected chi connectivity index (χ2v) is 10.8. The first-order chi connectivity index (χ1) is 17.1. The topological polar surface area (TPSA) is 99.6 Å². The molecule has 2 N–H and O–H groups in total. The third kappa shape index (κ3) is 5.84. The maximum absolute atomic E-state index is 12.1. The summed E-state index contributed by atoms with van der Waals surface area (Å²) in [5.74, 6) is 0. The second kappa shape index (κ2) is 10.4.